The first-order chi connectivity index (χ1) is 14.6. The molecule has 1 aromatic heterocycles. The fourth-order valence-corrected chi connectivity index (χ4v) is 3.68. The highest BCUT2D eigenvalue weighted by molar-refractivity contribution is 5.84. The molecule has 7 nitrogen and oxygen atoms in total. The van der Waals surface area contributed by atoms with Crippen LogP contribution in [0.1, 0.15) is 51.1 Å². The molecule has 2 heterocycles. The molecule has 1 saturated heterocycles. The molecule has 2 unspecified atom stereocenters. The first-order valence-corrected chi connectivity index (χ1v) is 10.7. The second-order valence-corrected chi connectivity index (χ2v) is 7.65. The number of anilines is 1. The Kier molecular flexibility index (Phi) is 7.76. The maximum Gasteiger partial charge on any atom is 0.309 e. The predicted octanol–water partition coefficient (Wildman–Crippen LogP) is 3.28. The Labute approximate surface area is 177 Å². The zero-order valence-corrected chi connectivity index (χ0v) is 17.7. The van der Waals surface area contributed by atoms with E-state index in [-0.39, 0.29) is 23.8 Å². The maximum atomic E-state index is 12.6. The van der Waals surface area contributed by atoms with Gasteiger partial charge in [0, 0.05) is 25.5 Å². The second-order valence-electron chi connectivity index (χ2n) is 7.65. The summed E-state index contributed by atoms with van der Waals surface area (Å²) in [6.07, 6.45) is 5.70. The van der Waals surface area contributed by atoms with Crippen LogP contribution in [0, 0.1) is 5.92 Å². The van der Waals surface area contributed by atoms with E-state index in [0.29, 0.717) is 31.9 Å². The van der Waals surface area contributed by atoms with Crippen LogP contribution in [0.2, 0.25) is 0 Å². The standard InChI is InChI=1S/C23H30N4O3/c1-3-8-20(18-9-5-4-6-10-18)26-21(28)17(2)30-22(29)19-11-15-27(16-12-19)23-24-13-7-14-25-23/h4-7,9-10,13-14,17,19-20H,3,8,11-12,15-16H2,1-2H3,(H,26,28). The molecule has 1 aromatic carbocycles. The van der Waals surface area contributed by atoms with Crippen molar-refractivity contribution < 1.29 is 14.3 Å². The molecular weight excluding hydrogens is 380 g/mol. The van der Waals surface area contributed by atoms with Crippen LogP contribution in [0.3, 0.4) is 0 Å². The van der Waals surface area contributed by atoms with E-state index in [1.165, 1.54) is 0 Å². The second kappa shape index (κ2) is 10.7. The molecule has 0 bridgehead atoms. The number of benzene rings is 1. The zero-order valence-electron chi connectivity index (χ0n) is 17.7. The lowest BCUT2D eigenvalue weighted by atomic mass is 9.97. The molecule has 1 fully saturated rings. The number of amides is 1. The molecule has 2 aromatic rings. The van der Waals surface area contributed by atoms with Gasteiger partial charge >= 0.3 is 5.97 Å². The number of nitrogens with zero attached hydrogens (tertiary/aromatic N) is 3. The van der Waals surface area contributed by atoms with E-state index in [1.54, 1.807) is 25.4 Å². The quantitative estimate of drug-likeness (QED) is 0.673. The van der Waals surface area contributed by atoms with Gasteiger partial charge in [0.25, 0.3) is 5.91 Å². The van der Waals surface area contributed by atoms with Crippen LogP contribution in [-0.4, -0.2) is 41.0 Å². The number of carbonyl (C=O) groups is 2. The summed E-state index contributed by atoms with van der Waals surface area (Å²) in [5.74, 6) is -0.0977. The first kappa shape index (κ1) is 21.7. The minimum absolute atomic E-state index is 0.0843. The van der Waals surface area contributed by atoms with Gasteiger partial charge in [0.05, 0.1) is 12.0 Å². The Morgan fingerprint density at radius 3 is 2.43 bits per heavy atom. The molecule has 1 aliphatic heterocycles. The molecule has 0 saturated carbocycles. The number of rotatable bonds is 8. The minimum Gasteiger partial charge on any atom is -0.452 e. The summed E-state index contributed by atoms with van der Waals surface area (Å²) in [4.78, 5) is 35.8. The Bertz CT molecular complexity index is 808. The highest BCUT2D eigenvalue weighted by Gasteiger charge is 2.30. The number of ether oxygens (including phenoxy) is 1. The van der Waals surface area contributed by atoms with Crippen LogP contribution in [0.15, 0.2) is 48.8 Å². The Morgan fingerprint density at radius 2 is 1.80 bits per heavy atom. The first-order valence-electron chi connectivity index (χ1n) is 10.7. The van der Waals surface area contributed by atoms with Crippen molar-refractivity contribution in [2.45, 2.75) is 51.7 Å². The number of aromatic nitrogens is 2. The molecule has 0 aliphatic carbocycles. The molecular formula is C23H30N4O3. The van der Waals surface area contributed by atoms with Crippen LogP contribution in [0.4, 0.5) is 5.95 Å². The maximum absolute atomic E-state index is 12.6. The summed E-state index contributed by atoms with van der Waals surface area (Å²) >= 11 is 0. The van der Waals surface area contributed by atoms with Gasteiger partial charge < -0.3 is 15.0 Å². The van der Waals surface area contributed by atoms with Crippen LogP contribution in [0.5, 0.6) is 0 Å². The monoisotopic (exact) mass is 410 g/mol. The molecule has 7 heteroatoms. The number of piperidine rings is 1. The van der Waals surface area contributed by atoms with Crippen molar-refractivity contribution in [3.8, 4) is 0 Å². The number of hydrogen-bond acceptors (Lipinski definition) is 6. The minimum atomic E-state index is -0.823. The number of carbonyl (C=O) groups excluding carboxylic acids is 2. The van der Waals surface area contributed by atoms with Crippen molar-refractivity contribution in [1.82, 2.24) is 15.3 Å². The smallest absolute Gasteiger partial charge is 0.309 e. The fraction of sp³-hybridized carbons (Fsp3) is 0.478. The van der Waals surface area contributed by atoms with Gasteiger partial charge in [0.1, 0.15) is 0 Å². The summed E-state index contributed by atoms with van der Waals surface area (Å²) in [5, 5.41) is 3.03. The van der Waals surface area contributed by atoms with Crippen LogP contribution in [-0.2, 0) is 14.3 Å². The third kappa shape index (κ3) is 5.78. The third-order valence-corrected chi connectivity index (χ3v) is 5.42. The van der Waals surface area contributed by atoms with Gasteiger partial charge in [-0.05, 0) is 37.8 Å². The number of esters is 1. The van der Waals surface area contributed by atoms with E-state index in [0.717, 1.165) is 18.4 Å². The summed E-state index contributed by atoms with van der Waals surface area (Å²) in [6, 6.07) is 11.6. The van der Waals surface area contributed by atoms with E-state index >= 15 is 0 Å². The van der Waals surface area contributed by atoms with Crippen molar-refractivity contribution in [3.63, 3.8) is 0 Å². The van der Waals surface area contributed by atoms with Gasteiger partial charge in [0.15, 0.2) is 6.10 Å². The van der Waals surface area contributed by atoms with Crippen molar-refractivity contribution in [1.29, 1.82) is 0 Å². The Morgan fingerprint density at radius 1 is 1.13 bits per heavy atom. The summed E-state index contributed by atoms with van der Waals surface area (Å²) in [5.41, 5.74) is 1.06. The third-order valence-electron chi connectivity index (χ3n) is 5.42. The van der Waals surface area contributed by atoms with E-state index in [1.807, 2.05) is 30.3 Å². The lowest BCUT2D eigenvalue weighted by Crippen LogP contribution is -2.41. The molecule has 0 radical (unpaired) electrons. The predicted molar refractivity (Wildman–Crippen MR) is 115 cm³/mol. The lowest BCUT2D eigenvalue weighted by molar-refractivity contribution is -0.159. The number of nitrogens with one attached hydrogen (secondary N) is 1. The van der Waals surface area contributed by atoms with Gasteiger partial charge in [-0.3, -0.25) is 9.59 Å². The van der Waals surface area contributed by atoms with Crippen molar-refractivity contribution in [2.75, 3.05) is 18.0 Å². The zero-order chi connectivity index (χ0) is 21.3. The molecule has 2 atom stereocenters. The molecule has 0 spiro atoms. The molecule has 30 heavy (non-hydrogen) atoms. The van der Waals surface area contributed by atoms with Gasteiger partial charge in [-0.25, -0.2) is 9.97 Å². The largest absolute Gasteiger partial charge is 0.452 e. The van der Waals surface area contributed by atoms with E-state index in [2.05, 4.69) is 27.1 Å². The van der Waals surface area contributed by atoms with Crippen LogP contribution >= 0.6 is 0 Å². The summed E-state index contributed by atoms with van der Waals surface area (Å²) < 4.78 is 5.51. The van der Waals surface area contributed by atoms with Gasteiger partial charge in [-0.15, -0.1) is 0 Å². The van der Waals surface area contributed by atoms with E-state index in [4.69, 9.17) is 4.74 Å². The van der Waals surface area contributed by atoms with Crippen LogP contribution in [0.25, 0.3) is 0 Å². The Hall–Kier alpha value is -2.96. The van der Waals surface area contributed by atoms with Gasteiger partial charge in [0.2, 0.25) is 5.95 Å². The van der Waals surface area contributed by atoms with E-state index < -0.39 is 6.10 Å². The normalized spacial score (nSPS) is 16.5. The summed E-state index contributed by atoms with van der Waals surface area (Å²) in [6.45, 7) is 5.10. The van der Waals surface area contributed by atoms with Crippen molar-refractivity contribution in [3.05, 3.63) is 54.4 Å². The molecule has 160 valence electrons. The topological polar surface area (TPSA) is 84.4 Å². The Balaban J connectivity index is 1.49. The van der Waals surface area contributed by atoms with Crippen LogP contribution < -0.4 is 10.2 Å². The number of hydrogen-bond donors (Lipinski definition) is 1. The molecule has 1 amide bonds. The molecule has 1 aliphatic rings. The molecule has 1 N–H and O–H groups in total. The highest BCUT2D eigenvalue weighted by atomic mass is 16.5. The fourth-order valence-electron chi connectivity index (χ4n) is 3.68. The molecule has 3 rings (SSSR count). The highest BCUT2D eigenvalue weighted by Crippen LogP contribution is 2.22. The van der Waals surface area contributed by atoms with E-state index in [9.17, 15) is 9.59 Å². The van der Waals surface area contributed by atoms with Gasteiger partial charge in [-0.1, -0.05) is 43.7 Å². The average Bonchev–Trinajstić information content (AvgIpc) is 2.80. The van der Waals surface area contributed by atoms with Gasteiger partial charge in [-0.2, -0.15) is 0 Å². The lowest BCUT2D eigenvalue weighted by Gasteiger charge is -2.31. The van der Waals surface area contributed by atoms with Crippen molar-refractivity contribution in [2.24, 2.45) is 5.92 Å². The average molecular weight is 411 g/mol. The summed E-state index contributed by atoms with van der Waals surface area (Å²) in [7, 11) is 0. The van der Waals surface area contributed by atoms with Crippen molar-refractivity contribution >= 4 is 17.8 Å². The SMILES string of the molecule is CCCC(NC(=O)C(C)OC(=O)C1CCN(c2ncccn2)CC1)c1ccccc1.